The van der Waals surface area contributed by atoms with Crippen molar-refractivity contribution in [3.05, 3.63) is 67.3 Å². The molecular weight excluding hydrogens is 394 g/mol. The second-order valence-electron chi connectivity index (χ2n) is 6.88. The highest BCUT2D eigenvalue weighted by Crippen LogP contribution is 2.41. The Kier molecular flexibility index (Phi) is 4.44. The number of hydrogen-bond acceptors (Lipinski definition) is 7. The van der Waals surface area contributed by atoms with Gasteiger partial charge in [-0.05, 0) is 35.9 Å². The van der Waals surface area contributed by atoms with E-state index in [1.807, 2.05) is 30.3 Å². The first-order chi connectivity index (χ1) is 15.2. The van der Waals surface area contributed by atoms with Crippen LogP contribution in [0.15, 0.2) is 67.3 Å². The van der Waals surface area contributed by atoms with Gasteiger partial charge in [-0.2, -0.15) is 5.10 Å². The van der Waals surface area contributed by atoms with Crippen molar-refractivity contribution in [2.24, 2.45) is 0 Å². The maximum Gasteiger partial charge on any atom is 0.182 e. The molecule has 0 unspecified atom stereocenters. The number of methoxy groups -OCH3 is 1. The third-order valence-corrected chi connectivity index (χ3v) is 5.02. The SMILES string of the molecule is COc1cc(-c2cc(-c3cccnc3)c3c(-c4cccnc4)[nH]nc3n2)c(O)cc1O. The molecule has 8 nitrogen and oxygen atoms in total. The number of nitrogens with one attached hydrogen (secondary N) is 1. The van der Waals surface area contributed by atoms with Crippen molar-refractivity contribution in [2.75, 3.05) is 7.11 Å². The highest BCUT2D eigenvalue weighted by atomic mass is 16.5. The topological polar surface area (TPSA) is 117 Å². The second kappa shape index (κ2) is 7.42. The molecule has 0 aliphatic carbocycles. The maximum absolute atomic E-state index is 10.5. The molecule has 0 amide bonds. The van der Waals surface area contributed by atoms with Crippen molar-refractivity contribution in [1.29, 1.82) is 0 Å². The standard InChI is InChI=1S/C23H17N5O3/c1-31-20-9-16(18(29)10-19(20)30)17-8-15(13-4-2-6-24-11-13)21-22(27-28-23(21)26-17)14-5-3-7-25-12-14/h2-12,29-30H,1H3,(H,26,27,28). The van der Waals surface area contributed by atoms with Gasteiger partial charge in [0.15, 0.2) is 17.1 Å². The summed E-state index contributed by atoms with van der Waals surface area (Å²) in [5.74, 6) is -0.0445. The Morgan fingerprint density at radius 3 is 2.29 bits per heavy atom. The van der Waals surface area contributed by atoms with Gasteiger partial charge in [-0.3, -0.25) is 15.1 Å². The minimum atomic E-state index is -0.157. The lowest BCUT2D eigenvalue weighted by molar-refractivity contribution is 0.370. The molecule has 0 spiro atoms. The molecule has 5 aromatic rings. The van der Waals surface area contributed by atoms with Crippen LogP contribution in [0.25, 0.3) is 44.7 Å². The fraction of sp³-hybridized carbons (Fsp3) is 0.0435. The molecule has 31 heavy (non-hydrogen) atoms. The van der Waals surface area contributed by atoms with Crippen LogP contribution >= 0.6 is 0 Å². The van der Waals surface area contributed by atoms with E-state index < -0.39 is 0 Å². The van der Waals surface area contributed by atoms with Gasteiger partial charge < -0.3 is 14.9 Å². The van der Waals surface area contributed by atoms with Gasteiger partial charge in [0.25, 0.3) is 0 Å². The predicted molar refractivity (Wildman–Crippen MR) is 116 cm³/mol. The van der Waals surface area contributed by atoms with E-state index in [0.717, 1.165) is 27.8 Å². The zero-order valence-corrected chi connectivity index (χ0v) is 16.4. The van der Waals surface area contributed by atoms with Crippen LogP contribution in [0.1, 0.15) is 0 Å². The highest BCUT2D eigenvalue weighted by Gasteiger charge is 2.19. The van der Waals surface area contributed by atoms with Crippen LogP contribution < -0.4 is 4.74 Å². The lowest BCUT2D eigenvalue weighted by Crippen LogP contribution is -1.92. The lowest BCUT2D eigenvalue weighted by Gasteiger charge is -2.11. The molecule has 152 valence electrons. The number of aromatic hydroxyl groups is 2. The zero-order chi connectivity index (χ0) is 21.4. The fourth-order valence-electron chi connectivity index (χ4n) is 3.56. The first-order valence-corrected chi connectivity index (χ1v) is 9.46. The number of pyridine rings is 3. The Bertz CT molecular complexity index is 1390. The second-order valence-corrected chi connectivity index (χ2v) is 6.88. The number of hydrogen-bond donors (Lipinski definition) is 3. The van der Waals surface area contributed by atoms with Gasteiger partial charge in [-0.15, -0.1) is 0 Å². The summed E-state index contributed by atoms with van der Waals surface area (Å²) in [6.45, 7) is 0. The van der Waals surface area contributed by atoms with E-state index in [2.05, 4.69) is 25.1 Å². The molecule has 1 aromatic carbocycles. The Hall–Kier alpha value is -4.46. The third kappa shape index (κ3) is 3.20. The van der Waals surface area contributed by atoms with E-state index >= 15 is 0 Å². The summed E-state index contributed by atoms with van der Waals surface area (Å²) in [4.78, 5) is 13.1. The van der Waals surface area contributed by atoms with Crippen LogP contribution in [0.4, 0.5) is 0 Å². The summed E-state index contributed by atoms with van der Waals surface area (Å²) in [6, 6.07) is 12.2. The first-order valence-electron chi connectivity index (χ1n) is 9.46. The van der Waals surface area contributed by atoms with Crippen molar-refractivity contribution < 1.29 is 14.9 Å². The summed E-state index contributed by atoms with van der Waals surface area (Å²) in [5.41, 5.74) is 4.73. The largest absolute Gasteiger partial charge is 0.507 e. The molecule has 8 heteroatoms. The fourth-order valence-corrected chi connectivity index (χ4v) is 3.56. The van der Waals surface area contributed by atoms with Crippen molar-refractivity contribution in [1.82, 2.24) is 25.1 Å². The molecule has 0 radical (unpaired) electrons. The van der Waals surface area contributed by atoms with Gasteiger partial charge in [-0.1, -0.05) is 6.07 Å². The highest BCUT2D eigenvalue weighted by molar-refractivity contribution is 6.03. The summed E-state index contributed by atoms with van der Waals surface area (Å²) in [5, 5.41) is 28.7. The molecule has 0 aliphatic heterocycles. The van der Waals surface area contributed by atoms with E-state index in [4.69, 9.17) is 4.74 Å². The number of H-pyrrole nitrogens is 1. The molecule has 0 atom stereocenters. The van der Waals surface area contributed by atoms with Crippen LogP contribution in [0.5, 0.6) is 17.2 Å². The van der Waals surface area contributed by atoms with E-state index in [9.17, 15) is 10.2 Å². The minimum Gasteiger partial charge on any atom is -0.507 e. The number of nitrogens with zero attached hydrogens (tertiary/aromatic N) is 4. The Morgan fingerprint density at radius 2 is 1.61 bits per heavy atom. The van der Waals surface area contributed by atoms with Gasteiger partial charge in [0, 0.05) is 47.5 Å². The first kappa shape index (κ1) is 18.6. The Labute approximate surface area is 176 Å². The van der Waals surface area contributed by atoms with Gasteiger partial charge in [0.1, 0.15) is 5.75 Å². The van der Waals surface area contributed by atoms with Crippen molar-refractivity contribution in [2.45, 2.75) is 0 Å². The predicted octanol–water partition coefficient (Wildman–Crippen LogP) is 4.17. The van der Waals surface area contributed by atoms with Gasteiger partial charge >= 0.3 is 0 Å². The van der Waals surface area contributed by atoms with Crippen molar-refractivity contribution in [3.63, 3.8) is 0 Å². The Balaban J connectivity index is 1.81. The number of aromatic amines is 1. The van der Waals surface area contributed by atoms with Gasteiger partial charge in [0.2, 0.25) is 0 Å². The maximum atomic E-state index is 10.5. The number of phenolic OH excluding ortho intramolecular Hbond substituents is 2. The van der Waals surface area contributed by atoms with E-state index in [1.54, 1.807) is 30.9 Å². The lowest BCUT2D eigenvalue weighted by atomic mass is 9.98. The molecule has 4 aromatic heterocycles. The molecule has 5 rings (SSSR count). The molecule has 4 heterocycles. The van der Waals surface area contributed by atoms with E-state index in [1.165, 1.54) is 13.2 Å². The number of fused-ring (bicyclic) bond motifs is 1. The number of benzene rings is 1. The molecule has 0 bridgehead atoms. The number of ether oxygens (including phenoxy) is 1. The van der Waals surface area contributed by atoms with Crippen LogP contribution in [0.2, 0.25) is 0 Å². The monoisotopic (exact) mass is 411 g/mol. The molecule has 0 aliphatic rings. The Morgan fingerprint density at radius 1 is 0.871 bits per heavy atom. The average molecular weight is 411 g/mol. The van der Waals surface area contributed by atoms with Gasteiger partial charge in [0.05, 0.1) is 23.9 Å². The summed E-state index contributed by atoms with van der Waals surface area (Å²) in [7, 11) is 1.45. The average Bonchev–Trinajstić information content (AvgIpc) is 3.24. The van der Waals surface area contributed by atoms with E-state index in [-0.39, 0.29) is 17.2 Å². The van der Waals surface area contributed by atoms with Gasteiger partial charge in [-0.25, -0.2) is 4.98 Å². The quantitative estimate of drug-likeness (QED) is 0.406. The molecular formula is C23H17N5O3. The smallest absolute Gasteiger partial charge is 0.182 e. The molecule has 0 saturated carbocycles. The number of phenols is 2. The summed E-state index contributed by atoms with van der Waals surface area (Å²) in [6.07, 6.45) is 6.93. The van der Waals surface area contributed by atoms with Crippen LogP contribution in [-0.4, -0.2) is 42.5 Å². The number of aromatic nitrogens is 5. The van der Waals surface area contributed by atoms with Crippen LogP contribution in [0.3, 0.4) is 0 Å². The van der Waals surface area contributed by atoms with Crippen LogP contribution in [-0.2, 0) is 0 Å². The summed E-state index contributed by atoms with van der Waals surface area (Å²) >= 11 is 0. The van der Waals surface area contributed by atoms with E-state index in [0.29, 0.717) is 16.9 Å². The molecule has 3 N–H and O–H groups in total. The minimum absolute atomic E-state index is 0.120. The van der Waals surface area contributed by atoms with Crippen LogP contribution in [0, 0.1) is 0 Å². The zero-order valence-electron chi connectivity index (χ0n) is 16.4. The number of rotatable bonds is 4. The molecule has 0 saturated heterocycles. The molecule has 0 fully saturated rings. The third-order valence-electron chi connectivity index (χ3n) is 5.02. The normalized spacial score (nSPS) is 11.0. The van der Waals surface area contributed by atoms with Crippen molar-refractivity contribution >= 4 is 11.0 Å². The summed E-state index contributed by atoms with van der Waals surface area (Å²) < 4.78 is 5.20. The van der Waals surface area contributed by atoms with Crippen molar-refractivity contribution in [3.8, 4) is 50.9 Å².